The molecular weight excluding hydrogens is 416 g/mol. The summed E-state index contributed by atoms with van der Waals surface area (Å²) in [5, 5.41) is 3.28. The largest absolute Gasteiger partial charge is 0.445 e. The van der Waals surface area contributed by atoms with Gasteiger partial charge >= 0.3 is 12.1 Å². The first-order valence-electron chi connectivity index (χ1n) is 12.8. The van der Waals surface area contributed by atoms with Gasteiger partial charge in [0.25, 0.3) is 0 Å². The molecule has 7 nitrogen and oxygen atoms in total. The lowest BCUT2D eigenvalue weighted by Gasteiger charge is -2.42. The number of nitrogens with one attached hydrogen (secondary N) is 1. The number of amides is 3. The Labute approximate surface area is 198 Å². The van der Waals surface area contributed by atoms with Crippen molar-refractivity contribution in [1.29, 1.82) is 0 Å². The molecule has 3 aliphatic rings. The van der Waals surface area contributed by atoms with Crippen LogP contribution in [-0.4, -0.2) is 78.2 Å². The van der Waals surface area contributed by atoms with E-state index in [1.54, 1.807) is 0 Å². The molecule has 1 aromatic rings. The number of carbonyl (C=O) groups excluding carboxylic acids is 2. The number of urea groups is 1. The van der Waals surface area contributed by atoms with Crippen molar-refractivity contribution in [2.24, 2.45) is 0 Å². The molecule has 33 heavy (non-hydrogen) atoms. The van der Waals surface area contributed by atoms with Gasteiger partial charge in [0.15, 0.2) is 0 Å². The molecule has 182 valence electrons. The van der Waals surface area contributed by atoms with Gasteiger partial charge in [0.1, 0.15) is 6.61 Å². The second-order valence-electron chi connectivity index (χ2n) is 9.92. The zero-order valence-electron chi connectivity index (χ0n) is 20.1. The minimum absolute atomic E-state index is 0.0997. The van der Waals surface area contributed by atoms with E-state index in [2.05, 4.69) is 10.2 Å². The second kappa shape index (κ2) is 11.7. The van der Waals surface area contributed by atoms with Crippen molar-refractivity contribution in [1.82, 2.24) is 20.0 Å². The number of hydrogen-bond acceptors (Lipinski definition) is 4. The number of rotatable bonds is 5. The lowest BCUT2D eigenvalue weighted by Crippen LogP contribution is -2.53. The average Bonchev–Trinajstić information content (AvgIpc) is 2.88. The highest BCUT2D eigenvalue weighted by Gasteiger charge is 2.31. The highest BCUT2D eigenvalue weighted by atomic mass is 16.6. The van der Waals surface area contributed by atoms with Crippen LogP contribution in [0.2, 0.25) is 0 Å². The van der Waals surface area contributed by atoms with Crippen LogP contribution in [0.4, 0.5) is 9.59 Å². The summed E-state index contributed by atoms with van der Waals surface area (Å²) in [7, 11) is 1.96. The van der Waals surface area contributed by atoms with Crippen molar-refractivity contribution in [3.8, 4) is 0 Å². The summed E-state index contributed by atoms with van der Waals surface area (Å²) in [4.78, 5) is 31.4. The quantitative estimate of drug-likeness (QED) is 0.720. The maximum absolute atomic E-state index is 12.7. The van der Waals surface area contributed by atoms with Crippen LogP contribution in [0.25, 0.3) is 0 Å². The third kappa shape index (κ3) is 6.62. The summed E-state index contributed by atoms with van der Waals surface area (Å²) < 4.78 is 5.49. The summed E-state index contributed by atoms with van der Waals surface area (Å²) in [6, 6.07) is 11.1. The predicted molar refractivity (Wildman–Crippen MR) is 129 cm³/mol. The number of likely N-dealkylation sites (tertiary alicyclic amines) is 2. The molecular formula is C26H40N4O3. The maximum Gasteiger partial charge on any atom is 0.410 e. The molecule has 1 aliphatic carbocycles. The predicted octanol–water partition coefficient (Wildman–Crippen LogP) is 4.23. The molecule has 4 rings (SSSR count). The summed E-state index contributed by atoms with van der Waals surface area (Å²) >= 11 is 0. The number of hydrogen-bond donors (Lipinski definition) is 1. The lowest BCUT2D eigenvalue weighted by atomic mass is 9.94. The van der Waals surface area contributed by atoms with Crippen LogP contribution in [0, 0.1) is 0 Å². The van der Waals surface area contributed by atoms with Crippen molar-refractivity contribution in [2.45, 2.75) is 82.5 Å². The van der Waals surface area contributed by atoms with Gasteiger partial charge in [-0.2, -0.15) is 0 Å². The fourth-order valence-electron chi connectivity index (χ4n) is 5.54. The smallest absolute Gasteiger partial charge is 0.410 e. The van der Waals surface area contributed by atoms with E-state index in [0.29, 0.717) is 18.7 Å². The molecule has 0 spiro atoms. The molecule has 0 bridgehead atoms. The minimum atomic E-state index is -0.208. The second-order valence-corrected chi connectivity index (χ2v) is 9.92. The van der Waals surface area contributed by atoms with Crippen LogP contribution in [0.15, 0.2) is 30.3 Å². The fourth-order valence-corrected chi connectivity index (χ4v) is 5.54. The van der Waals surface area contributed by atoms with Gasteiger partial charge in [0, 0.05) is 51.4 Å². The number of ether oxygens (including phenoxy) is 1. The third-order valence-electron chi connectivity index (χ3n) is 7.74. The van der Waals surface area contributed by atoms with E-state index in [1.807, 2.05) is 47.2 Å². The Bertz CT molecular complexity index is 752. The molecule has 3 amide bonds. The minimum Gasteiger partial charge on any atom is -0.445 e. The number of piperidine rings is 2. The summed E-state index contributed by atoms with van der Waals surface area (Å²) in [6.45, 7) is 3.86. The van der Waals surface area contributed by atoms with E-state index < -0.39 is 0 Å². The highest BCUT2D eigenvalue weighted by Crippen LogP contribution is 2.24. The van der Waals surface area contributed by atoms with E-state index in [9.17, 15) is 9.59 Å². The average molecular weight is 457 g/mol. The Morgan fingerprint density at radius 3 is 2.27 bits per heavy atom. The highest BCUT2D eigenvalue weighted by molar-refractivity contribution is 5.74. The first-order chi connectivity index (χ1) is 16.1. The lowest BCUT2D eigenvalue weighted by molar-refractivity contribution is 0.0595. The Hall–Kier alpha value is -2.28. The molecule has 2 aliphatic heterocycles. The summed E-state index contributed by atoms with van der Waals surface area (Å²) in [6.07, 6.45) is 9.84. The van der Waals surface area contributed by atoms with Crippen molar-refractivity contribution in [2.75, 3.05) is 33.2 Å². The topological polar surface area (TPSA) is 65.1 Å². The number of nitrogens with zero attached hydrogens (tertiary/aromatic N) is 3. The van der Waals surface area contributed by atoms with Gasteiger partial charge in [-0.3, -0.25) is 0 Å². The van der Waals surface area contributed by atoms with Crippen molar-refractivity contribution in [3.63, 3.8) is 0 Å². The molecule has 0 radical (unpaired) electrons. The zero-order chi connectivity index (χ0) is 23.0. The molecule has 1 aromatic carbocycles. The van der Waals surface area contributed by atoms with Gasteiger partial charge in [0.2, 0.25) is 0 Å². The Morgan fingerprint density at radius 2 is 1.61 bits per heavy atom. The first kappa shape index (κ1) is 23.9. The van der Waals surface area contributed by atoms with Crippen molar-refractivity contribution < 1.29 is 14.3 Å². The molecule has 0 atom stereocenters. The molecule has 1 N–H and O–H groups in total. The Kier molecular flexibility index (Phi) is 8.48. The number of benzene rings is 1. The maximum atomic E-state index is 12.7. The molecule has 0 aromatic heterocycles. The SMILES string of the molecule is CN(C(=O)NC1CCN(C2CCN(C(=O)OCc3ccccc3)CC2)CC1)C1CCCCC1. The zero-order valence-corrected chi connectivity index (χ0v) is 20.1. The first-order valence-corrected chi connectivity index (χ1v) is 12.8. The van der Waals surface area contributed by atoms with E-state index in [0.717, 1.165) is 70.3 Å². The van der Waals surface area contributed by atoms with Crippen LogP contribution in [0.5, 0.6) is 0 Å². The summed E-state index contributed by atoms with van der Waals surface area (Å²) in [5.74, 6) is 0. The standard InChI is InChI=1S/C26H40N4O3/c1-28(23-10-6-3-7-11-23)25(31)27-22-12-16-29(17-13-22)24-14-18-30(19-15-24)26(32)33-20-21-8-4-2-5-9-21/h2,4-5,8-9,22-24H,3,6-7,10-20H2,1H3,(H,27,31). The van der Waals surface area contributed by atoms with E-state index in [-0.39, 0.29) is 18.2 Å². The molecule has 7 heteroatoms. The van der Waals surface area contributed by atoms with Gasteiger partial charge in [-0.25, -0.2) is 9.59 Å². The molecule has 3 fully saturated rings. The third-order valence-corrected chi connectivity index (χ3v) is 7.74. The monoisotopic (exact) mass is 456 g/mol. The van der Waals surface area contributed by atoms with E-state index in [4.69, 9.17) is 4.74 Å². The van der Waals surface area contributed by atoms with E-state index >= 15 is 0 Å². The fraction of sp³-hybridized carbons (Fsp3) is 0.692. The van der Waals surface area contributed by atoms with Crippen LogP contribution in [0.3, 0.4) is 0 Å². The van der Waals surface area contributed by atoms with Gasteiger partial charge in [-0.1, -0.05) is 49.6 Å². The van der Waals surface area contributed by atoms with Gasteiger partial charge in [0.05, 0.1) is 0 Å². The molecule has 1 saturated carbocycles. The van der Waals surface area contributed by atoms with Crippen LogP contribution in [0.1, 0.15) is 63.4 Å². The molecule has 2 heterocycles. The van der Waals surface area contributed by atoms with E-state index in [1.165, 1.54) is 19.3 Å². The summed E-state index contributed by atoms with van der Waals surface area (Å²) in [5.41, 5.74) is 1.01. The van der Waals surface area contributed by atoms with Crippen LogP contribution in [-0.2, 0) is 11.3 Å². The molecule has 0 unspecified atom stereocenters. The van der Waals surface area contributed by atoms with Crippen molar-refractivity contribution >= 4 is 12.1 Å². The Balaban J connectivity index is 1.14. The van der Waals surface area contributed by atoms with Gasteiger partial charge in [-0.05, 0) is 44.1 Å². The normalized spacial score (nSPS) is 21.5. The van der Waals surface area contributed by atoms with Gasteiger partial charge < -0.3 is 24.8 Å². The number of carbonyl (C=O) groups is 2. The molecule has 2 saturated heterocycles. The Morgan fingerprint density at radius 1 is 0.939 bits per heavy atom. The van der Waals surface area contributed by atoms with Crippen LogP contribution < -0.4 is 5.32 Å². The van der Waals surface area contributed by atoms with Gasteiger partial charge in [-0.15, -0.1) is 0 Å². The van der Waals surface area contributed by atoms with Crippen molar-refractivity contribution in [3.05, 3.63) is 35.9 Å². The van der Waals surface area contributed by atoms with Crippen LogP contribution >= 0.6 is 0 Å².